The Bertz CT molecular complexity index is 471. The van der Waals surface area contributed by atoms with Crippen LogP contribution < -0.4 is 4.90 Å². The zero-order valence-electron chi connectivity index (χ0n) is 11.6. The molecule has 1 aromatic heterocycles. The Morgan fingerprint density at radius 2 is 2.05 bits per heavy atom. The first-order valence-corrected chi connectivity index (χ1v) is 6.38. The Morgan fingerprint density at radius 1 is 1.37 bits per heavy atom. The summed E-state index contributed by atoms with van der Waals surface area (Å²) in [7, 11) is 6.11. The van der Waals surface area contributed by atoms with E-state index in [0.29, 0.717) is 5.82 Å². The molecule has 104 valence electrons. The van der Waals surface area contributed by atoms with Gasteiger partial charge in [-0.1, -0.05) is 0 Å². The first kappa shape index (κ1) is 13.7. The van der Waals surface area contributed by atoms with E-state index < -0.39 is 5.97 Å². The van der Waals surface area contributed by atoms with Gasteiger partial charge in [0.05, 0.1) is 12.4 Å². The highest BCUT2D eigenvalue weighted by Gasteiger charge is 2.40. The number of likely N-dealkylation sites (N-methyl/N-ethyl adjacent to an activating group) is 2. The molecule has 0 unspecified atom stereocenters. The van der Waals surface area contributed by atoms with Crippen molar-refractivity contribution in [2.45, 2.75) is 24.8 Å². The van der Waals surface area contributed by atoms with Crippen LogP contribution in [0.15, 0.2) is 12.4 Å². The van der Waals surface area contributed by atoms with Gasteiger partial charge in [-0.25, -0.2) is 9.78 Å². The summed E-state index contributed by atoms with van der Waals surface area (Å²) in [5, 5.41) is 8.94. The molecule has 6 heteroatoms. The molecule has 0 bridgehead atoms. The summed E-state index contributed by atoms with van der Waals surface area (Å²) in [4.78, 5) is 23.2. The summed E-state index contributed by atoms with van der Waals surface area (Å²) in [5.74, 6) is -0.443. The van der Waals surface area contributed by atoms with Gasteiger partial charge in [-0.15, -0.1) is 0 Å². The van der Waals surface area contributed by atoms with Gasteiger partial charge < -0.3 is 14.9 Å². The Kier molecular flexibility index (Phi) is 3.71. The van der Waals surface area contributed by atoms with Crippen LogP contribution in [0.3, 0.4) is 0 Å². The van der Waals surface area contributed by atoms with E-state index in [1.165, 1.54) is 12.6 Å². The highest BCUT2D eigenvalue weighted by Crippen LogP contribution is 2.37. The summed E-state index contributed by atoms with van der Waals surface area (Å²) in [5.41, 5.74) is 0.159. The highest BCUT2D eigenvalue weighted by molar-refractivity contribution is 5.85. The Labute approximate surface area is 113 Å². The van der Waals surface area contributed by atoms with Crippen molar-refractivity contribution in [2.75, 3.05) is 32.6 Å². The van der Waals surface area contributed by atoms with Crippen LogP contribution in [0.1, 0.15) is 29.8 Å². The van der Waals surface area contributed by atoms with Crippen molar-refractivity contribution in [1.82, 2.24) is 14.9 Å². The zero-order chi connectivity index (χ0) is 14.0. The Morgan fingerprint density at radius 3 is 2.53 bits per heavy atom. The fraction of sp³-hybridized carbons (Fsp3) is 0.615. The first-order chi connectivity index (χ1) is 8.94. The van der Waals surface area contributed by atoms with Gasteiger partial charge in [-0.3, -0.25) is 4.98 Å². The predicted molar refractivity (Wildman–Crippen MR) is 72.5 cm³/mol. The van der Waals surface area contributed by atoms with Gasteiger partial charge >= 0.3 is 5.97 Å². The van der Waals surface area contributed by atoms with Gasteiger partial charge in [0.2, 0.25) is 0 Å². The molecular weight excluding hydrogens is 244 g/mol. The van der Waals surface area contributed by atoms with Crippen molar-refractivity contribution in [1.29, 1.82) is 0 Å². The van der Waals surface area contributed by atoms with Crippen LogP contribution >= 0.6 is 0 Å². The molecule has 0 amide bonds. The quantitative estimate of drug-likeness (QED) is 0.858. The van der Waals surface area contributed by atoms with Crippen LogP contribution in [0.5, 0.6) is 0 Å². The third-order valence-corrected chi connectivity index (χ3v) is 4.00. The number of aromatic carboxylic acids is 1. The van der Waals surface area contributed by atoms with Gasteiger partial charge in [0, 0.05) is 19.1 Å². The summed E-state index contributed by atoms with van der Waals surface area (Å²) < 4.78 is 0. The topological polar surface area (TPSA) is 69.6 Å². The number of anilines is 1. The van der Waals surface area contributed by atoms with Crippen molar-refractivity contribution >= 4 is 11.8 Å². The average molecular weight is 264 g/mol. The normalized spacial score (nSPS) is 17.1. The summed E-state index contributed by atoms with van der Waals surface area (Å²) in [6.45, 7) is 0.831. The second kappa shape index (κ2) is 5.13. The monoisotopic (exact) mass is 264 g/mol. The second-order valence-electron chi connectivity index (χ2n) is 5.40. The van der Waals surface area contributed by atoms with Crippen LogP contribution in [0, 0.1) is 0 Å². The molecule has 0 saturated heterocycles. The first-order valence-electron chi connectivity index (χ1n) is 6.38. The molecule has 19 heavy (non-hydrogen) atoms. The van der Waals surface area contributed by atoms with Gasteiger partial charge in [0.25, 0.3) is 0 Å². The summed E-state index contributed by atoms with van der Waals surface area (Å²) in [6, 6.07) is 0. The Hall–Kier alpha value is -1.69. The predicted octanol–water partition coefficient (Wildman–Crippen LogP) is 1.10. The van der Waals surface area contributed by atoms with Crippen molar-refractivity contribution in [3.63, 3.8) is 0 Å². The van der Waals surface area contributed by atoms with E-state index in [1.807, 2.05) is 11.9 Å². The summed E-state index contributed by atoms with van der Waals surface area (Å²) >= 11 is 0. The lowest BCUT2D eigenvalue weighted by Gasteiger charge is -2.49. The molecule has 1 aliphatic carbocycles. The van der Waals surface area contributed by atoms with E-state index in [1.54, 1.807) is 6.20 Å². The molecule has 0 radical (unpaired) electrons. The number of carbonyl (C=O) groups is 1. The van der Waals surface area contributed by atoms with Crippen molar-refractivity contribution in [3.05, 3.63) is 18.1 Å². The molecule has 0 aliphatic heterocycles. The van der Waals surface area contributed by atoms with E-state index in [0.717, 1.165) is 19.4 Å². The number of aromatic nitrogens is 2. The summed E-state index contributed by atoms with van der Waals surface area (Å²) in [6.07, 6.45) is 6.44. The van der Waals surface area contributed by atoms with Crippen LogP contribution in [0.25, 0.3) is 0 Å². The van der Waals surface area contributed by atoms with Crippen molar-refractivity contribution < 1.29 is 9.90 Å². The lowest BCUT2D eigenvalue weighted by atomic mass is 9.75. The molecule has 1 fully saturated rings. The number of rotatable bonds is 5. The fourth-order valence-corrected chi connectivity index (χ4v) is 2.50. The largest absolute Gasteiger partial charge is 0.476 e. The molecule has 6 nitrogen and oxygen atoms in total. The maximum atomic E-state index is 10.9. The van der Waals surface area contributed by atoms with E-state index in [4.69, 9.17) is 5.11 Å². The van der Waals surface area contributed by atoms with Crippen molar-refractivity contribution in [2.24, 2.45) is 0 Å². The second-order valence-corrected chi connectivity index (χ2v) is 5.40. The Balaban J connectivity index is 2.13. The van der Waals surface area contributed by atoms with Gasteiger partial charge in [-0.05, 0) is 33.4 Å². The number of carboxylic acid groups (broad SMARTS) is 1. The highest BCUT2D eigenvalue weighted by atomic mass is 16.4. The molecule has 1 saturated carbocycles. The smallest absolute Gasteiger partial charge is 0.356 e. The van der Waals surface area contributed by atoms with E-state index in [2.05, 4.69) is 29.0 Å². The molecule has 2 rings (SSSR count). The van der Waals surface area contributed by atoms with E-state index in [-0.39, 0.29) is 11.2 Å². The number of nitrogens with zero attached hydrogens (tertiary/aromatic N) is 4. The number of hydrogen-bond acceptors (Lipinski definition) is 5. The fourth-order valence-electron chi connectivity index (χ4n) is 2.50. The van der Waals surface area contributed by atoms with Gasteiger partial charge in [0.1, 0.15) is 5.82 Å². The molecule has 0 spiro atoms. The van der Waals surface area contributed by atoms with E-state index in [9.17, 15) is 4.79 Å². The zero-order valence-corrected chi connectivity index (χ0v) is 11.6. The molecule has 1 heterocycles. The molecule has 0 atom stereocenters. The minimum atomic E-state index is -1.05. The maximum absolute atomic E-state index is 10.9. The molecule has 1 aliphatic rings. The van der Waals surface area contributed by atoms with Gasteiger partial charge in [0.15, 0.2) is 5.69 Å². The average Bonchev–Trinajstić information content (AvgIpc) is 2.33. The lowest BCUT2D eigenvalue weighted by molar-refractivity contribution is 0.0678. The minimum Gasteiger partial charge on any atom is -0.476 e. The molecular formula is C13H20N4O2. The molecule has 1 N–H and O–H groups in total. The van der Waals surface area contributed by atoms with Crippen LogP contribution in [0.2, 0.25) is 0 Å². The lowest BCUT2D eigenvalue weighted by Crippen LogP contribution is -2.56. The van der Waals surface area contributed by atoms with Crippen LogP contribution in [-0.2, 0) is 0 Å². The van der Waals surface area contributed by atoms with Gasteiger partial charge in [-0.2, -0.15) is 0 Å². The molecule has 1 aromatic rings. The SMILES string of the molecule is CN(CC1(N(C)C)CCC1)c1cncc(C(=O)O)n1. The maximum Gasteiger partial charge on any atom is 0.356 e. The van der Waals surface area contributed by atoms with Crippen molar-refractivity contribution in [3.8, 4) is 0 Å². The number of carboxylic acids is 1. The van der Waals surface area contributed by atoms with E-state index >= 15 is 0 Å². The van der Waals surface area contributed by atoms with Crippen LogP contribution in [-0.4, -0.2) is 59.2 Å². The van der Waals surface area contributed by atoms with Crippen LogP contribution in [0.4, 0.5) is 5.82 Å². The molecule has 0 aromatic carbocycles. The third kappa shape index (κ3) is 2.68. The minimum absolute atomic E-state index is 0.0168. The number of hydrogen-bond donors (Lipinski definition) is 1. The third-order valence-electron chi connectivity index (χ3n) is 4.00. The standard InChI is InChI=1S/C13H20N4O2/c1-16(2)13(5-4-6-13)9-17(3)11-8-14-7-10(15-11)12(18)19/h7-8H,4-6,9H2,1-3H3,(H,18,19).